The van der Waals surface area contributed by atoms with Crippen LogP contribution in [0.25, 0.3) is 11.2 Å². The summed E-state index contributed by atoms with van der Waals surface area (Å²) in [6, 6.07) is 5.22. The van der Waals surface area contributed by atoms with E-state index in [0.29, 0.717) is 72.9 Å². The van der Waals surface area contributed by atoms with Gasteiger partial charge in [-0.05, 0) is 25.1 Å². The number of aromatic nitrogens is 4. The predicted octanol–water partition coefficient (Wildman–Crippen LogP) is 1.98. The lowest BCUT2D eigenvalue weighted by Crippen LogP contribution is -2.40. The first-order valence-electron chi connectivity index (χ1n) is 9.35. The molecule has 1 fully saturated rings. The van der Waals surface area contributed by atoms with Crippen LogP contribution in [-0.2, 0) is 4.74 Å². The number of benzene rings is 1. The lowest BCUT2D eigenvalue weighted by molar-refractivity contribution is 0.0302. The number of carbonyl (C=O) groups excluding carboxylic acids is 1. The summed E-state index contributed by atoms with van der Waals surface area (Å²) in [6.45, 7) is 4.62. The molecule has 1 amide bonds. The number of ether oxygens (including phenoxy) is 3. The molecule has 0 radical (unpaired) electrons. The first-order valence-corrected chi connectivity index (χ1v) is 9.35. The van der Waals surface area contributed by atoms with Crippen LogP contribution in [0.1, 0.15) is 17.3 Å². The fraction of sp³-hybridized carbons (Fsp3) is 0.368. The maximum atomic E-state index is 12.7. The van der Waals surface area contributed by atoms with Gasteiger partial charge in [-0.25, -0.2) is 4.98 Å². The maximum absolute atomic E-state index is 12.7. The molecule has 1 aliphatic heterocycles. The third kappa shape index (κ3) is 3.92. The Labute approximate surface area is 167 Å². The standard InChI is InChI=1S/C19H22N6O4/c1-3-29-17-15-16(21-11-20-15)23-19(24-17)22-13-5-4-12(10-14(13)27-2)18(26)25-6-8-28-9-7-25/h4-5,10-11H,3,6-9H2,1-2H3,(H2,20,21,22,23,24). The number of amides is 1. The first kappa shape index (κ1) is 18.9. The minimum Gasteiger partial charge on any atom is -0.495 e. The molecule has 152 valence electrons. The van der Waals surface area contributed by atoms with E-state index >= 15 is 0 Å². The third-order valence-corrected chi connectivity index (χ3v) is 4.53. The van der Waals surface area contributed by atoms with Crippen LogP contribution in [0.5, 0.6) is 11.6 Å². The SMILES string of the molecule is CCOc1nc(Nc2ccc(C(=O)N3CCOCC3)cc2OC)nc2nc[nH]c12. The minimum atomic E-state index is -0.0500. The summed E-state index contributed by atoms with van der Waals surface area (Å²) in [5.74, 6) is 1.19. The zero-order valence-corrected chi connectivity index (χ0v) is 16.3. The van der Waals surface area contributed by atoms with E-state index in [-0.39, 0.29) is 5.91 Å². The zero-order chi connectivity index (χ0) is 20.2. The average Bonchev–Trinajstić information content (AvgIpc) is 3.23. The Balaban J connectivity index is 1.60. The Bertz CT molecular complexity index is 1020. The fourth-order valence-corrected chi connectivity index (χ4v) is 3.10. The monoisotopic (exact) mass is 398 g/mol. The summed E-state index contributed by atoms with van der Waals surface area (Å²) < 4.78 is 16.4. The van der Waals surface area contributed by atoms with Gasteiger partial charge >= 0.3 is 0 Å². The summed E-state index contributed by atoms with van der Waals surface area (Å²) in [7, 11) is 1.55. The highest BCUT2D eigenvalue weighted by Gasteiger charge is 2.20. The van der Waals surface area contributed by atoms with Gasteiger partial charge in [-0.3, -0.25) is 4.79 Å². The molecule has 2 aromatic heterocycles. The molecule has 0 saturated carbocycles. The number of hydrogen-bond donors (Lipinski definition) is 2. The summed E-state index contributed by atoms with van der Waals surface area (Å²) in [5.41, 5.74) is 2.30. The van der Waals surface area contributed by atoms with Crippen LogP contribution in [0.15, 0.2) is 24.5 Å². The van der Waals surface area contributed by atoms with Crippen LogP contribution in [0.2, 0.25) is 0 Å². The molecule has 29 heavy (non-hydrogen) atoms. The topological polar surface area (TPSA) is 114 Å². The van der Waals surface area contributed by atoms with Crippen LogP contribution in [0.4, 0.5) is 11.6 Å². The van der Waals surface area contributed by atoms with E-state index in [1.165, 1.54) is 6.33 Å². The molecule has 1 saturated heterocycles. The number of nitrogens with zero attached hydrogens (tertiary/aromatic N) is 4. The molecule has 10 nitrogen and oxygen atoms in total. The Kier molecular flexibility index (Phi) is 5.43. The van der Waals surface area contributed by atoms with Gasteiger partial charge in [0.1, 0.15) is 11.3 Å². The number of morpholine rings is 1. The minimum absolute atomic E-state index is 0.0500. The van der Waals surface area contributed by atoms with E-state index in [2.05, 4.69) is 25.3 Å². The van der Waals surface area contributed by atoms with Crippen molar-refractivity contribution in [2.45, 2.75) is 6.92 Å². The molecule has 1 aromatic carbocycles. The Morgan fingerprint density at radius 1 is 1.31 bits per heavy atom. The van der Waals surface area contributed by atoms with Gasteiger partial charge in [0.15, 0.2) is 5.65 Å². The van der Waals surface area contributed by atoms with Gasteiger partial charge < -0.3 is 29.4 Å². The number of aromatic amines is 1. The van der Waals surface area contributed by atoms with E-state index in [1.54, 1.807) is 30.2 Å². The van der Waals surface area contributed by atoms with Crippen molar-refractivity contribution >= 4 is 28.7 Å². The summed E-state index contributed by atoms with van der Waals surface area (Å²) >= 11 is 0. The van der Waals surface area contributed by atoms with Gasteiger partial charge in [0, 0.05) is 18.7 Å². The van der Waals surface area contributed by atoms with Crippen molar-refractivity contribution in [1.29, 1.82) is 0 Å². The van der Waals surface area contributed by atoms with E-state index < -0.39 is 0 Å². The molecule has 0 aliphatic carbocycles. The van der Waals surface area contributed by atoms with Crippen LogP contribution in [0.3, 0.4) is 0 Å². The van der Waals surface area contributed by atoms with Crippen molar-refractivity contribution in [3.63, 3.8) is 0 Å². The summed E-state index contributed by atoms with van der Waals surface area (Å²) in [6.07, 6.45) is 1.54. The molecule has 4 rings (SSSR count). The molecule has 10 heteroatoms. The lowest BCUT2D eigenvalue weighted by Gasteiger charge is -2.27. The maximum Gasteiger partial charge on any atom is 0.254 e. The molecule has 3 aromatic rings. The zero-order valence-electron chi connectivity index (χ0n) is 16.3. The predicted molar refractivity (Wildman–Crippen MR) is 106 cm³/mol. The number of carbonyl (C=O) groups is 1. The van der Waals surface area contributed by atoms with Crippen LogP contribution < -0.4 is 14.8 Å². The van der Waals surface area contributed by atoms with Gasteiger partial charge in [-0.2, -0.15) is 9.97 Å². The molecular formula is C19H22N6O4. The van der Waals surface area contributed by atoms with Crippen molar-refractivity contribution < 1.29 is 19.0 Å². The second kappa shape index (κ2) is 8.31. The quantitative estimate of drug-likeness (QED) is 0.648. The molecule has 2 N–H and O–H groups in total. The van der Waals surface area contributed by atoms with Gasteiger partial charge in [-0.1, -0.05) is 0 Å². The van der Waals surface area contributed by atoms with E-state index in [4.69, 9.17) is 14.2 Å². The van der Waals surface area contributed by atoms with E-state index in [0.717, 1.165) is 0 Å². The van der Waals surface area contributed by atoms with Gasteiger partial charge in [0.05, 0.1) is 38.9 Å². The van der Waals surface area contributed by atoms with Crippen molar-refractivity contribution in [3.05, 3.63) is 30.1 Å². The highest BCUT2D eigenvalue weighted by Crippen LogP contribution is 2.30. The van der Waals surface area contributed by atoms with Gasteiger partial charge in [0.2, 0.25) is 11.8 Å². The van der Waals surface area contributed by atoms with Crippen LogP contribution in [-0.4, -0.2) is 70.8 Å². The van der Waals surface area contributed by atoms with Crippen molar-refractivity contribution in [2.75, 3.05) is 45.3 Å². The summed E-state index contributed by atoms with van der Waals surface area (Å²) in [5, 5.41) is 3.12. The lowest BCUT2D eigenvalue weighted by atomic mass is 10.1. The number of H-pyrrole nitrogens is 1. The first-order chi connectivity index (χ1) is 14.2. The number of rotatable bonds is 6. The largest absolute Gasteiger partial charge is 0.495 e. The molecule has 0 bridgehead atoms. The van der Waals surface area contributed by atoms with Crippen LogP contribution in [0, 0.1) is 0 Å². The van der Waals surface area contributed by atoms with Gasteiger partial charge in [-0.15, -0.1) is 0 Å². The van der Waals surface area contributed by atoms with Gasteiger partial charge in [0.25, 0.3) is 5.91 Å². The normalized spacial score (nSPS) is 14.1. The second-order valence-electron chi connectivity index (χ2n) is 6.33. The fourth-order valence-electron chi connectivity index (χ4n) is 3.10. The highest BCUT2D eigenvalue weighted by atomic mass is 16.5. The smallest absolute Gasteiger partial charge is 0.254 e. The van der Waals surface area contributed by atoms with Crippen LogP contribution >= 0.6 is 0 Å². The van der Waals surface area contributed by atoms with E-state index in [9.17, 15) is 4.79 Å². The second-order valence-corrected chi connectivity index (χ2v) is 6.33. The van der Waals surface area contributed by atoms with Crippen molar-refractivity contribution in [1.82, 2.24) is 24.8 Å². The number of anilines is 2. The van der Waals surface area contributed by atoms with Crippen molar-refractivity contribution in [2.24, 2.45) is 0 Å². The summed E-state index contributed by atoms with van der Waals surface area (Å²) in [4.78, 5) is 30.4. The van der Waals surface area contributed by atoms with Crippen molar-refractivity contribution in [3.8, 4) is 11.6 Å². The molecule has 0 atom stereocenters. The number of fused-ring (bicyclic) bond motifs is 1. The Morgan fingerprint density at radius 3 is 2.90 bits per heavy atom. The molecule has 3 heterocycles. The molecule has 0 spiro atoms. The molecule has 1 aliphatic rings. The molecule has 0 unspecified atom stereocenters. The highest BCUT2D eigenvalue weighted by molar-refractivity contribution is 5.95. The average molecular weight is 398 g/mol. The number of nitrogens with one attached hydrogen (secondary N) is 2. The van der Waals surface area contributed by atoms with E-state index in [1.807, 2.05) is 6.92 Å². The molecular weight excluding hydrogens is 376 g/mol. The number of methoxy groups -OCH3 is 1. The number of imidazole rings is 1. The Morgan fingerprint density at radius 2 is 2.14 bits per heavy atom. The third-order valence-electron chi connectivity index (χ3n) is 4.53. The number of hydrogen-bond acceptors (Lipinski definition) is 8. The Hall–Kier alpha value is -3.40.